The van der Waals surface area contributed by atoms with Gasteiger partial charge in [0.25, 0.3) is 5.69 Å². The number of rotatable bonds is 4. The molecule has 20 heavy (non-hydrogen) atoms. The monoisotopic (exact) mass is 277 g/mol. The van der Waals surface area contributed by atoms with Crippen LogP contribution in [-0.2, 0) is 10.2 Å². The van der Waals surface area contributed by atoms with Gasteiger partial charge < -0.3 is 10.2 Å². The SMILES string of the molecule is CC(=O)NCCC1(C)CN(C)c2cc([N+](=O)[O-])ccc21. The third-order valence-electron chi connectivity index (χ3n) is 3.89. The number of nitro benzene ring substituents is 1. The van der Waals surface area contributed by atoms with Crippen LogP contribution in [0.15, 0.2) is 18.2 Å². The van der Waals surface area contributed by atoms with Crippen molar-refractivity contribution < 1.29 is 9.72 Å². The Bertz CT molecular complexity index is 559. The van der Waals surface area contributed by atoms with Gasteiger partial charge in [0.15, 0.2) is 0 Å². The Labute approximate surface area is 117 Å². The van der Waals surface area contributed by atoms with E-state index in [-0.39, 0.29) is 21.9 Å². The van der Waals surface area contributed by atoms with Crippen LogP contribution in [0.4, 0.5) is 11.4 Å². The number of nitrogens with one attached hydrogen (secondary N) is 1. The van der Waals surface area contributed by atoms with Crippen molar-refractivity contribution in [2.24, 2.45) is 0 Å². The Kier molecular flexibility index (Phi) is 3.65. The zero-order chi connectivity index (χ0) is 14.9. The first-order valence-corrected chi connectivity index (χ1v) is 6.58. The van der Waals surface area contributed by atoms with Crippen LogP contribution in [0.1, 0.15) is 25.8 Å². The zero-order valence-electron chi connectivity index (χ0n) is 12.0. The first-order valence-electron chi connectivity index (χ1n) is 6.58. The molecular formula is C14H19N3O3. The molecule has 6 heteroatoms. The molecule has 1 amide bonds. The molecule has 6 nitrogen and oxygen atoms in total. The molecule has 1 aliphatic rings. The van der Waals surface area contributed by atoms with Crippen LogP contribution in [0.5, 0.6) is 0 Å². The largest absolute Gasteiger partial charge is 0.373 e. The quantitative estimate of drug-likeness (QED) is 0.673. The molecule has 0 aromatic heterocycles. The minimum absolute atomic E-state index is 0.0381. The Morgan fingerprint density at radius 1 is 1.55 bits per heavy atom. The van der Waals surface area contributed by atoms with E-state index in [0.29, 0.717) is 6.54 Å². The minimum atomic E-state index is -0.374. The summed E-state index contributed by atoms with van der Waals surface area (Å²) in [6.45, 7) is 5.03. The number of nitrogens with zero attached hydrogens (tertiary/aromatic N) is 2. The van der Waals surface area contributed by atoms with Crippen molar-refractivity contribution in [1.29, 1.82) is 0 Å². The molecule has 0 fully saturated rings. The number of anilines is 1. The molecule has 1 aromatic rings. The molecule has 0 aliphatic carbocycles. The number of hydrogen-bond donors (Lipinski definition) is 1. The van der Waals surface area contributed by atoms with E-state index < -0.39 is 0 Å². The second kappa shape index (κ2) is 5.11. The summed E-state index contributed by atoms with van der Waals surface area (Å²) >= 11 is 0. The second-order valence-electron chi connectivity index (χ2n) is 5.61. The molecule has 1 N–H and O–H groups in total. The van der Waals surface area contributed by atoms with Gasteiger partial charge in [-0.05, 0) is 18.1 Å². The number of fused-ring (bicyclic) bond motifs is 1. The van der Waals surface area contributed by atoms with Gasteiger partial charge in [0.2, 0.25) is 5.91 Å². The summed E-state index contributed by atoms with van der Waals surface area (Å²) in [5.74, 6) is -0.0381. The fourth-order valence-electron chi connectivity index (χ4n) is 2.88. The van der Waals surface area contributed by atoms with Crippen LogP contribution in [0.2, 0.25) is 0 Å². The topological polar surface area (TPSA) is 75.5 Å². The number of nitro groups is 1. The normalized spacial score (nSPS) is 20.6. The highest BCUT2D eigenvalue weighted by atomic mass is 16.6. The maximum atomic E-state index is 11.0. The molecule has 108 valence electrons. The van der Waals surface area contributed by atoms with Gasteiger partial charge in [0.05, 0.1) is 4.92 Å². The lowest BCUT2D eigenvalue weighted by molar-refractivity contribution is -0.384. The van der Waals surface area contributed by atoms with Crippen LogP contribution >= 0.6 is 0 Å². The van der Waals surface area contributed by atoms with Crippen molar-refractivity contribution in [3.05, 3.63) is 33.9 Å². The van der Waals surface area contributed by atoms with Crippen LogP contribution in [-0.4, -0.2) is 31.0 Å². The smallest absolute Gasteiger partial charge is 0.271 e. The average Bonchev–Trinajstić information content (AvgIpc) is 2.61. The average molecular weight is 277 g/mol. The number of likely N-dealkylation sites (N-methyl/N-ethyl adjacent to an activating group) is 1. The van der Waals surface area contributed by atoms with E-state index in [0.717, 1.165) is 24.2 Å². The molecule has 2 rings (SSSR count). The van der Waals surface area contributed by atoms with Gasteiger partial charge in [-0.2, -0.15) is 0 Å². The van der Waals surface area contributed by atoms with Crippen LogP contribution in [0, 0.1) is 10.1 Å². The summed E-state index contributed by atoms with van der Waals surface area (Å²) in [4.78, 5) is 23.5. The number of hydrogen-bond acceptors (Lipinski definition) is 4. The predicted octanol–water partition coefficient (Wildman–Crippen LogP) is 1.83. The second-order valence-corrected chi connectivity index (χ2v) is 5.61. The highest BCUT2D eigenvalue weighted by Crippen LogP contribution is 2.43. The van der Waals surface area contributed by atoms with Crippen LogP contribution < -0.4 is 10.2 Å². The number of benzene rings is 1. The summed E-state index contributed by atoms with van der Waals surface area (Å²) < 4.78 is 0. The van der Waals surface area contributed by atoms with E-state index in [9.17, 15) is 14.9 Å². The fraction of sp³-hybridized carbons (Fsp3) is 0.500. The van der Waals surface area contributed by atoms with Gasteiger partial charge in [0, 0.05) is 50.3 Å². The first-order chi connectivity index (χ1) is 9.33. The molecule has 0 bridgehead atoms. The Balaban J connectivity index is 2.25. The Hall–Kier alpha value is -2.11. The highest BCUT2D eigenvalue weighted by Gasteiger charge is 2.37. The van der Waals surface area contributed by atoms with E-state index in [1.54, 1.807) is 12.1 Å². The van der Waals surface area contributed by atoms with Gasteiger partial charge in [-0.15, -0.1) is 0 Å². The van der Waals surface area contributed by atoms with Crippen molar-refractivity contribution in [2.45, 2.75) is 25.7 Å². The van der Waals surface area contributed by atoms with E-state index >= 15 is 0 Å². The molecule has 0 radical (unpaired) electrons. The summed E-state index contributed by atoms with van der Waals surface area (Å²) in [5.41, 5.74) is 2.03. The van der Waals surface area contributed by atoms with E-state index in [4.69, 9.17) is 0 Å². The third-order valence-corrected chi connectivity index (χ3v) is 3.89. The molecule has 1 aliphatic heterocycles. The van der Waals surface area contributed by atoms with E-state index in [2.05, 4.69) is 12.2 Å². The molecule has 1 heterocycles. The third kappa shape index (κ3) is 2.59. The first kappa shape index (κ1) is 14.3. The Morgan fingerprint density at radius 2 is 2.25 bits per heavy atom. The predicted molar refractivity (Wildman–Crippen MR) is 77.0 cm³/mol. The summed E-state index contributed by atoms with van der Waals surface area (Å²) in [7, 11) is 1.94. The van der Waals surface area contributed by atoms with Crippen molar-refractivity contribution >= 4 is 17.3 Å². The van der Waals surface area contributed by atoms with Crippen molar-refractivity contribution in [1.82, 2.24) is 5.32 Å². The number of carbonyl (C=O) groups is 1. The lowest BCUT2D eigenvalue weighted by Gasteiger charge is -2.25. The molecule has 1 atom stereocenters. The molecule has 0 saturated carbocycles. The summed E-state index contributed by atoms with van der Waals surface area (Å²) in [5, 5.41) is 13.7. The van der Waals surface area contributed by atoms with Gasteiger partial charge in [-0.3, -0.25) is 14.9 Å². The number of non-ortho nitro benzene ring substituents is 1. The van der Waals surface area contributed by atoms with Crippen molar-refractivity contribution in [3.8, 4) is 0 Å². The standard InChI is InChI=1S/C14H19N3O3/c1-10(18)15-7-6-14(2)9-16(3)13-8-11(17(19)20)4-5-12(13)14/h4-5,8H,6-7,9H2,1-3H3,(H,15,18). The van der Waals surface area contributed by atoms with Gasteiger partial charge in [0.1, 0.15) is 0 Å². The molecule has 0 saturated heterocycles. The molecular weight excluding hydrogens is 258 g/mol. The molecule has 1 aromatic carbocycles. The Morgan fingerprint density at radius 3 is 2.85 bits per heavy atom. The van der Waals surface area contributed by atoms with Gasteiger partial charge >= 0.3 is 0 Å². The van der Waals surface area contributed by atoms with Gasteiger partial charge in [-0.25, -0.2) is 0 Å². The van der Waals surface area contributed by atoms with E-state index in [1.165, 1.54) is 6.92 Å². The fourth-order valence-corrected chi connectivity index (χ4v) is 2.88. The summed E-state index contributed by atoms with van der Waals surface area (Å²) in [6, 6.07) is 5.01. The minimum Gasteiger partial charge on any atom is -0.373 e. The van der Waals surface area contributed by atoms with E-state index in [1.807, 2.05) is 18.0 Å². The lowest BCUT2D eigenvalue weighted by atomic mass is 9.81. The van der Waals surface area contributed by atoms with Gasteiger partial charge in [-0.1, -0.05) is 6.92 Å². The van der Waals surface area contributed by atoms with Crippen LogP contribution in [0.25, 0.3) is 0 Å². The number of amides is 1. The van der Waals surface area contributed by atoms with Crippen LogP contribution in [0.3, 0.4) is 0 Å². The maximum Gasteiger partial charge on any atom is 0.271 e. The zero-order valence-corrected chi connectivity index (χ0v) is 12.0. The lowest BCUT2D eigenvalue weighted by Crippen LogP contribution is -2.33. The molecule has 0 spiro atoms. The summed E-state index contributed by atoms with van der Waals surface area (Å²) in [6.07, 6.45) is 0.807. The number of carbonyl (C=O) groups excluding carboxylic acids is 1. The highest BCUT2D eigenvalue weighted by molar-refractivity contribution is 5.72. The maximum absolute atomic E-state index is 11.0. The van der Waals surface area contributed by atoms with Crippen molar-refractivity contribution in [3.63, 3.8) is 0 Å². The van der Waals surface area contributed by atoms with Crippen molar-refractivity contribution in [2.75, 3.05) is 25.0 Å². The molecule has 1 unspecified atom stereocenters.